The van der Waals surface area contributed by atoms with Crippen LogP contribution in [0, 0.1) is 0 Å². The fourth-order valence-corrected chi connectivity index (χ4v) is 3.32. The second kappa shape index (κ2) is 5.88. The van der Waals surface area contributed by atoms with E-state index in [2.05, 4.69) is 13.0 Å². The smallest absolute Gasteiger partial charge is 0.295 e. The molecule has 2 aromatic carbocycles. The van der Waals surface area contributed by atoms with Crippen LogP contribution in [-0.4, -0.2) is 20.0 Å². The molecule has 4 heteroatoms. The lowest BCUT2D eigenvalue weighted by molar-refractivity contribution is -0.0461. The van der Waals surface area contributed by atoms with Crippen LogP contribution in [0.3, 0.4) is 0 Å². The standard InChI is InChI=1S/C21H20O4/c1-4-16-13-15-8-6-10-18(23-3)20(15)25-21(16)12-11-14-7-5-9-17(22-2)19(14)24-21/h5-13H,4H2,1-3H3. The molecule has 1 unspecified atom stereocenters. The van der Waals surface area contributed by atoms with Crippen molar-refractivity contribution in [2.24, 2.45) is 0 Å². The second-order valence-corrected chi connectivity index (χ2v) is 5.99. The van der Waals surface area contributed by atoms with Crippen molar-refractivity contribution in [2.45, 2.75) is 19.1 Å². The van der Waals surface area contributed by atoms with Crippen LogP contribution in [0.2, 0.25) is 0 Å². The van der Waals surface area contributed by atoms with Crippen LogP contribution in [0.4, 0.5) is 0 Å². The normalized spacial score (nSPS) is 20.0. The zero-order valence-electron chi connectivity index (χ0n) is 14.5. The van der Waals surface area contributed by atoms with Gasteiger partial charge in [-0.3, -0.25) is 0 Å². The van der Waals surface area contributed by atoms with E-state index in [4.69, 9.17) is 18.9 Å². The summed E-state index contributed by atoms with van der Waals surface area (Å²) in [5.74, 6) is 1.76. The van der Waals surface area contributed by atoms with Crippen molar-refractivity contribution in [1.29, 1.82) is 0 Å². The molecule has 25 heavy (non-hydrogen) atoms. The van der Waals surface area contributed by atoms with E-state index >= 15 is 0 Å². The molecular formula is C21H20O4. The summed E-state index contributed by atoms with van der Waals surface area (Å²) in [6.45, 7) is 2.09. The third-order valence-electron chi connectivity index (χ3n) is 4.61. The van der Waals surface area contributed by atoms with Gasteiger partial charge in [0, 0.05) is 22.8 Å². The molecule has 0 amide bonds. The average Bonchev–Trinajstić information content (AvgIpc) is 2.66. The van der Waals surface area contributed by atoms with Crippen molar-refractivity contribution >= 4 is 12.2 Å². The molecule has 128 valence electrons. The van der Waals surface area contributed by atoms with E-state index in [-0.39, 0.29) is 0 Å². The van der Waals surface area contributed by atoms with E-state index in [1.807, 2.05) is 48.6 Å². The third kappa shape index (κ3) is 2.37. The minimum Gasteiger partial charge on any atom is -0.493 e. The molecule has 0 fully saturated rings. The Morgan fingerprint density at radius 3 is 2.08 bits per heavy atom. The highest BCUT2D eigenvalue weighted by atomic mass is 16.7. The molecule has 0 aliphatic carbocycles. The van der Waals surface area contributed by atoms with Crippen molar-refractivity contribution in [1.82, 2.24) is 0 Å². The van der Waals surface area contributed by atoms with Crippen molar-refractivity contribution < 1.29 is 18.9 Å². The highest BCUT2D eigenvalue weighted by Crippen LogP contribution is 2.48. The van der Waals surface area contributed by atoms with Gasteiger partial charge in [0.25, 0.3) is 5.79 Å². The van der Waals surface area contributed by atoms with Gasteiger partial charge in [-0.25, -0.2) is 0 Å². The summed E-state index contributed by atoms with van der Waals surface area (Å²) >= 11 is 0. The highest BCUT2D eigenvalue weighted by molar-refractivity contribution is 5.72. The van der Waals surface area contributed by atoms with Crippen LogP contribution in [0.1, 0.15) is 24.5 Å². The molecule has 0 saturated heterocycles. The molecule has 0 N–H and O–H groups in total. The Labute approximate surface area is 147 Å². The Morgan fingerprint density at radius 2 is 1.48 bits per heavy atom. The topological polar surface area (TPSA) is 36.9 Å². The molecule has 2 aromatic rings. The fraction of sp³-hybridized carbons (Fsp3) is 0.238. The zero-order chi connectivity index (χ0) is 17.4. The van der Waals surface area contributed by atoms with Gasteiger partial charge in [-0.1, -0.05) is 31.2 Å². The number of ether oxygens (including phenoxy) is 4. The van der Waals surface area contributed by atoms with Crippen LogP contribution in [0.15, 0.2) is 48.0 Å². The summed E-state index contributed by atoms with van der Waals surface area (Å²) in [7, 11) is 3.28. The maximum absolute atomic E-state index is 6.38. The van der Waals surface area contributed by atoms with E-state index in [1.54, 1.807) is 14.2 Å². The fourth-order valence-electron chi connectivity index (χ4n) is 3.32. The van der Waals surface area contributed by atoms with Gasteiger partial charge in [-0.05, 0) is 30.7 Å². The summed E-state index contributed by atoms with van der Waals surface area (Å²) in [6, 6.07) is 11.7. The van der Waals surface area contributed by atoms with E-state index < -0.39 is 5.79 Å². The predicted octanol–water partition coefficient (Wildman–Crippen LogP) is 4.69. The quantitative estimate of drug-likeness (QED) is 0.815. The average molecular weight is 336 g/mol. The molecule has 4 rings (SSSR count). The monoisotopic (exact) mass is 336 g/mol. The van der Waals surface area contributed by atoms with Crippen LogP contribution in [0.25, 0.3) is 12.2 Å². The van der Waals surface area contributed by atoms with Gasteiger partial charge >= 0.3 is 0 Å². The third-order valence-corrected chi connectivity index (χ3v) is 4.61. The number of para-hydroxylation sites is 2. The van der Waals surface area contributed by atoms with Gasteiger partial charge in [0.05, 0.1) is 14.2 Å². The summed E-state index contributed by atoms with van der Waals surface area (Å²) in [5, 5.41) is 0. The highest BCUT2D eigenvalue weighted by Gasteiger charge is 2.43. The van der Waals surface area contributed by atoms with Crippen molar-refractivity contribution in [3.05, 3.63) is 59.2 Å². The number of benzene rings is 2. The number of hydrogen-bond acceptors (Lipinski definition) is 4. The maximum atomic E-state index is 6.38. The first-order chi connectivity index (χ1) is 12.2. The van der Waals surface area contributed by atoms with Gasteiger partial charge < -0.3 is 18.9 Å². The Balaban J connectivity index is 1.85. The molecule has 0 saturated carbocycles. The van der Waals surface area contributed by atoms with E-state index in [1.165, 1.54) is 0 Å². The molecular weight excluding hydrogens is 316 g/mol. The van der Waals surface area contributed by atoms with Gasteiger partial charge in [-0.2, -0.15) is 0 Å². The largest absolute Gasteiger partial charge is 0.493 e. The minimum absolute atomic E-state index is 0.685. The zero-order valence-corrected chi connectivity index (χ0v) is 14.5. The molecule has 2 aliphatic rings. The molecule has 1 spiro atoms. The van der Waals surface area contributed by atoms with Crippen molar-refractivity contribution in [3.8, 4) is 23.0 Å². The van der Waals surface area contributed by atoms with E-state index in [0.717, 1.165) is 23.1 Å². The van der Waals surface area contributed by atoms with Crippen LogP contribution < -0.4 is 18.9 Å². The van der Waals surface area contributed by atoms with Crippen molar-refractivity contribution in [3.63, 3.8) is 0 Å². The molecule has 0 aromatic heterocycles. The van der Waals surface area contributed by atoms with Gasteiger partial charge in [0.15, 0.2) is 23.0 Å². The van der Waals surface area contributed by atoms with Crippen molar-refractivity contribution in [2.75, 3.05) is 14.2 Å². The van der Waals surface area contributed by atoms with Gasteiger partial charge in [0.1, 0.15) is 0 Å². The van der Waals surface area contributed by atoms with Crippen LogP contribution in [-0.2, 0) is 0 Å². The molecule has 2 heterocycles. The molecule has 0 bridgehead atoms. The first kappa shape index (κ1) is 15.6. The Bertz CT molecular complexity index is 877. The Hall–Kier alpha value is -2.88. The Morgan fingerprint density at radius 1 is 0.880 bits per heavy atom. The van der Waals surface area contributed by atoms with Crippen LogP contribution >= 0.6 is 0 Å². The van der Waals surface area contributed by atoms with Gasteiger partial charge in [0.2, 0.25) is 0 Å². The number of methoxy groups -OCH3 is 2. The van der Waals surface area contributed by atoms with Gasteiger partial charge in [-0.15, -0.1) is 0 Å². The first-order valence-corrected chi connectivity index (χ1v) is 8.33. The number of fused-ring (bicyclic) bond motifs is 2. The number of rotatable bonds is 3. The SMILES string of the molecule is CCC1=Cc2cccc(OC)c2OC12C=Cc1cccc(OC)c1O2. The summed E-state index contributed by atoms with van der Waals surface area (Å²) in [5.41, 5.74) is 3.00. The molecule has 0 radical (unpaired) electrons. The minimum atomic E-state index is -0.988. The summed E-state index contributed by atoms with van der Waals surface area (Å²) < 4.78 is 23.7. The second-order valence-electron chi connectivity index (χ2n) is 5.99. The molecule has 2 aliphatic heterocycles. The lowest BCUT2D eigenvalue weighted by Gasteiger charge is -2.40. The lowest BCUT2D eigenvalue weighted by Crippen LogP contribution is -2.45. The Kier molecular flexibility index (Phi) is 3.68. The summed E-state index contributed by atoms with van der Waals surface area (Å²) in [4.78, 5) is 0. The lowest BCUT2D eigenvalue weighted by atomic mass is 9.93. The first-order valence-electron chi connectivity index (χ1n) is 8.33. The van der Waals surface area contributed by atoms with Crippen LogP contribution in [0.5, 0.6) is 23.0 Å². The molecule has 4 nitrogen and oxygen atoms in total. The molecule has 1 atom stereocenters. The van der Waals surface area contributed by atoms with E-state index in [0.29, 0.717) is 23.0 Å². The summed E-state index contributed by atoms with van der Waals surface area (Å²) in [6.07, 6.45) is 6.89. The van der Waals surface area contributed by atoms with E-state index in [9.17, 15) is 0 Å². The predicted molar refractivity (Wildman–Crippen MR) is 97.3 cm³/mol. The maximum Gasteiger partial charge on any atom is 0.295 e. The number of hydrogen-bond donors (Lipinski definition) is 0.